The first-order chi connectivity index (χ1) is 9.22. The first-order valence-corrected chi connectivity index (χ1v) is 6.57. The average Bonchev–Trinajstić information content (AvgIpc) is 2.45. The third kappa shape index (κ3) is 3.32. The molecule has 3 nitrogen and oxygen atoms in total. The van der Waals surface area contributed by atoms with Gasteiger partial charge in [-0.3, -0.25) is 4.79 Å². The van der Waals surface area contributed by atoms with Gasteiger partial charge in [0.1, 0.15) is 0 Å². The van der Waals surface area contributed by atoms with E-state index in [0.29, 0.717) is 13.0 Å². The molecule has 1 amide bonds. The van der Waals surface area contributed by atoms with Crippen molar-refractivity contribution < 1.29 is 4.79 Å². The van der Waals surface area contributed by atoms with Gasteiger partial charge in [-0.25, -0.2) is 0 Å². The van der Waals surface area contributed by atoms with Crippen LogP contribution in [-0.2, 0) is 11.3 Å². The van der Waals surface area contributed by atoms with Crippen molar-refractivity contribution in [3.05, 3.63) is 48.0 Å². The van der Waals surface area contributed by atoms with Crippen molar-refractivity contribution in [3.8, 4) is 0 Å². The minimum absolute atomic E-state index is 0.169. The van der Waals surface area contributed by atoms with Gasteiger partial charge in [0.15, 0.2) is 0 Å². The molecule has 19 heavy (non-hydrogen) atoms. The number of amides is 1. The highest BCUT2D eigenvalue weighted by molar-refractivity contribution is 5.86. The van der Waals surface area contributed by atoms with Crippen molar-refractivity contribution in [1.82, 2.24) is 10.2 Å². The fraction of sp³-hybridized carbons (Fsp3) is 0.312. The van der Waals surface area contributed by atoms with Crippen molar-refractivity contribution in [3.63, 3.8) is 0 Å². The Morgan fingerprint density at radius 3 is 2.68 bits per heavy atom. The van der Waals surface area contributed by atoms with Crippen molar-refractivity contribution in [1.29, 1.82) is 0 Å². The lowest BCUT2D eigenvalue weighted by molar-refractivity contribution is -0.130. The molecule has 0 unspecified atom stereocenters. The first-order valence-electron chi connectivity index (χ1n) is 6.57. The van der Waals surface area contributed by atoms with Crippen LogP contribution in [-0.4, -0.2) is 31.4 Å². The predicted octanol–water partition coefficient (Wildman–Crippen LogP) is 2.41. The largest absolute Gasteiger partial charge is 0.341 e. The molecular weight excluding hydrogens is 236 g/mol. The van der Waals surface area contributed by atoms with E-state index in [4.69, 9.17) is 0 Å². The van der Waals surface area contributed by atoms with Crippen LogP contribution in [0.4, 0.5) is 0 Å². The van der Waals surface area contributed by atoms with E-state index in [2.05, 4.69) is 29.6 Å². The van der Waals surface area contributed by atoms with E-state index in [0.717, 1.165) is 6.54 Å². The highest BCUT2D eigenvalue weighted by Crippen LogP contribution is 2.19. The topological polar surface area (TPSA) is 32.3 Å². The number of hydrogen-bond acceptors (Lipinski definition) is 2. The quantitative estimate of drug-likeness (QED) is 0.891. The summed E-state index contributed by atoms with van der Waals surface area (Å²) in [5.74, 6) is 0.169. The van der Waals surface area contributed by atoms with Gasteiger partial charge in [-0.05, 0) is 23.4 Å². The molecule has 0 saturated heterocycles. The van der Waals surface area contributed by atoms with Gasteiger partial charge < -0.3 is 10.2 Å². The number of carbonyl (C=O) groups excluding carboxylic acids is 1. The van der Waals surface area contributed by atoms with Crippen LogP contribution in [0, 0.1) is 0 Å². The molecule has 0 spiro atoms. The summed E-state index contributed by atoms with van der Waals surface area (Å²) >= 11 is 0. The van der Waals surface area contributed by atoms with E-state index in [1.165, 1.54) is 16.3 Å². The van der Waals surface area contributed by atoms with Gasteiger partial charge in [0.25, 0.3) is 0 Å². The van der Waals surface area contributed by atoms with Gasteiger partial charge in [0.05, 0.1) is 0 Å². The maximum Gasteiger partial charge on any atom is 0.223 e. The Hall–Kier alpha value is -1.87. The first kappa shape index (κ1) is 13.6. The Kier molecular flexibility index (Phi) is 4.53. The minimum atomic E-state index is 0.169. The maximum absolute atomic E-state index is 11.9. The van der Waals surface area contributed by atoms with Crippen LogP contribution in [0.2, 0.25) is 0 Å². The summed E-state index contributed by atoms with van der Waals surface area (Å²) in [6.45, 7) is 1.38. The summed E-state index contributed by atoms with van der Waals surface area (Å²) < 4.78 is 0. The second-order valence-electron chi connectivity index (χ2n) is 4.74. The third-order valence-corrected chi connectivity index (χ3v) is 3.30. The number of carbonyl (C=O) groups is 1. The smallest absolute Gasteiger partial charge is 0.223 e. The summed E-state index contributed by atoms with van der Waals surface area (Å²) in [5, 5.41) is 5.44. The van der Waals surface area contributed by atoms with E-state index in [-0.39, 0.29) is 5.91 Å². The summed E-state index contributed by atoms with van der Waals surface area (Å²) in [6, 6.07) is 14.5. The fourth-order valence-corrected chi connectivity index (χ4v) is 2.20. The summed E-state index contributed by atoms with van der Waals surface area (Å²) in [4.78, 5) is 13.7. The van der Waals surface area contributed by atoms with Crippen LogP contribution in [0.25, 0.3) is 10.8 Å². The Morgan fingerprint density at radius 2 is 1.89 bits per heavy atom. The van der Waals surface area contributed by atoms with Gasteiger partial charge in [0, 0.05) is 26.6 Å². The molecule has 3 heteroatoms. The summed E-state index contributed by atoms with van der Waals surface area (Å²) in [6.07, 6.45) is 0.539. The molecule has 0 aliphatic heterocycles. The predicted molar refractivity (Wildman–Crippen MR) is 79.0 cm³/mol. The molecule has 100 valence electrons. The maximum atomic E-state index is 11.9. The number of nitrogens with zero attached hydrogens (tertiary/aromatic N) is 1. The Bertz CT molecular complexity index is 560. The van der Waals surface area contributed by atoms with E-state index in [9.17, 15) is 4.79 Å². The van der Waals surface area contributed by atoms with Crippen molar-refractivity contribution in [2.75, 3.05) is 20.6 Å². The molecular formula is C16H20N2O. The lowest BCUT2D eigenvalue weighted by atomic mass is 10.0. The normalized spacial score (nSPS) is 10.6. The second kappa shape index (κ2) is 6.34. The molecule has 0 fully saturated rings. The molecule has 2 aromatic carbocycles. The van der Waals surface area contributed by atoms with E-state index >= 15 is 0 Å². The zero-order chi connectivity index (χ0) is 13.7. The number of hydrogen-bond donors (Lipinski definition) is 1. The van der Waals surface area contributed by atoms with Crippen LogP contribution < -0.4 is 5.32 Å². The van der Waals surface area contributed by atoms with E-state index < -0.39 is 0 Å². The molecule has 0 saturated carbocycles. The molecule has 0 radical (unpaired) electrons. The summed E-state index contributed by atoms with van der Waals surface area (Å²) in [7, 11) is 3.72. The Morgan fingerprint density at radius 1 is 1.16 bits per heavy atom. The standard InChI is InChI=1S/C16H20N2O/c1-17-11-10-16(19)18(2)12-14-8-5-7-13-6-3-4-9-15(13)14/h3-9,17H,10-12H2,1-2H3. The van der Waals surface area contributed by atoms with Crippen molar-refractivity contribution in [2.45, 2.75) is 13.0 Å². The van der Waals surface area contributed by atoms with Gasteiger partial charge >= 0.3 is 0 Å². The number of benzene rings is 2. The van der Waals surface area contributed by atoms with Crippen LogP contribution in [0.3, 0.4) is 0 Å². The zero-order valence-corrected chi connectivity index (χ0v) is 11.5. The molecule has 0 aliphatic rings. The molecule has 0 aromatic heterocycles. The van der Waals surface area contributed by atoms with E-state index in [1.807, 2.05) is 32.3 Å². The third-order valence-electron chi connectivity index (χ3n) is 3.30. The number of rotatable bonds is 5. The minimum Gasteiger partial charge on any atom is -0.341 e. The molecule has 0 aliphatic carbocycles. The van der Waals surface area contributed by atoms with Gasteiger partial charge in [-0.15, -0.1) is 0 Å². The van der Waals surface area contributed by atoms with Crippen molar-refractivity contribution >= 4 is 16.7 Å². The molecule has 0 bridgehead atoms. The lowest BCUT2D eigenvalue weighted by Crippen LogP contribution is -2.28. The zero-order valence-electron chi connectivity index (χ0n) is 11.5. The highest BCUT2D eigenvalue weighted by Gasteiger charge is 2.10. The average molecular weight is 256 g/mol. The lowest BCUT2D eigenvalue weighted by Gasteiger charge is -2.18. The molecule has 0 heterocycles. The summed E-state index contributed by atoms with van der Waals surface area (Å²) in [5.41, 5.74) is 1.19. The highest BCUT2D eigenvalue weighted by atomic mass is 16.2. The molecule has 2 rings (SSSR count). The SMILES string of the molecule is CNCCC(=O)N(C)Cc1cccc2ccccc12. The van der Waals surface area contributed by atoms with Gasteiger partial charge in [0.2, 0.25) is 5.91 Å². The Balaban J connectivity index is 2.15. The van der Waals surface area contributed by atoms with Crippen LogP contribution >= 0.6 is 0 Å². The fourth-order valence-electron chi connectivity index (χ4n) is 2.20. The molecule has 2 aromatic rings. The van der Waals surface area contributed by atoms with Gasteiger partial charge in [-0.2, -0.15) is 0 Å². The van der Waals surface area contributed by atoms with E-state index in [1.54, 1.807) is 4.90 Å². The van der Waals surface area contributed by atoms with Gasteiger partial charge in [-0.1, -0.05) is 42.5 Å². The monoisotopic (exact) mass is 256 g/mol. The number of nitrogens with one attached hydrogen (secondary N) is 1. The van der Waals surface area contributed by atoms with Crippen LogP contribution in [0.5, 0.6) is 0 Å². The van der Waals surface area contributed by atoms with Crippen LogP contribution in [0.1, 0.15) is 12.0 Å². The van der Waals surface area contributed by atoms with Crippen molar-refractivity contribution in [2.24, 2.45) is 0 Å². The van der Waals surface area contributed by atoms with Crippen LogP contribution in [0.15, 0.2) is 42.5 Å². The number of fused-ring (bicyclic) bond motifs is 1. The molecule has 1 N–H and O–H groups in total. The molecule has 0 atom stereocenters. The Labute approximate surface area is 114 Å². The second-order valence-corrected chi connectivity index (χ2v) is 4.74.